The van der Waals surface area contributed by atoms with Gasteiger partial charge in [0.05, 0.1) is 6.42 Å². The second-order valence-electron chi connectivity index (χ2n) is 8.76. The van der Waals surface area contributed by atoms with E-state index in [-0.39, 0.29) is 24.8 Å². The molecule has 0 aliphatic rings. The molecule has 3 aromatic carbocycles. The number of hydrogen-bond donors (Lipinski definition) is 1. The highest BCUT2D eigenvalue weighted by Gasteiger charge is 2.30. The summed E-state index contributed by atoms with van der Waals surface area (Å²) < 4.78 is 0. The molecule has 178 valence electrons. The van der Waals surface area contributed by atoms with E-state index in [1.165, 1.54) is 0 Å². The van der Waals surface area contributed by atoms with Crippen LogP contribution in [0.25, 0.3) is 0 Å². The number of carbonyl (C=O) groups is 2. The predicted octanol–water partition coefficient (Wildman–Crippen LogP) is 5.95. The smallest absolute Gasteiger partial charge is 0.243 e. The Morgan fingerprint density at radius 1 is 0.882 bits per heavy atom. The maximum atomic E-state index is 13.7. The lowest BCUT2D eigenvalue weighted by Crippen LogP contribution is -2.51. The van der Waals surface area contributed by atoms with E-state index in [9.17, 15) is 9.59 Å². The first-order chi connectivity index (χ1) is 16.3. The van der Waals surface area contributed by atoms with Gasteiger partial charge in [0, 0.05) is 29.6 Å². The monoisotopic (exact) mass is 496 g/mol. The van der Waals surface area contributed by atoms with Crippen LogP contribution in [0.3, 0.4) is 0 Å². The van der Waals surface area contributed by atoms with E-state index in [0.29, 0.717) is 28.9 Å². The van der Waals surface area contributed by atoms with Crippen molar-refractivity contribution in [3.63, 3.8) is 0 Å². The summed E-state index contributed by atoms with van der Waals surface area (Å²) in [4.78, 5) is 28.7. The molecule has 0 aliphatic heterocycles. The highest BCUT2D eigenvalue weighted by Crippen LogP contribution is 2.22. The summed E-state index contributed by atoms with van der Waals surface area (Å²) in [6.45, 7) is 4.84. The summed E-state index contributed by atoms with van der Waals surface area (Å²) in [6.07, 6.45) is 0.532. The number of nitrogens with zero attached hydrogens (tertiary/aromatic N) is 1. The summed E-state index contributed by atoms with van der Waals surface area (Å²) in [5.74, 6) is -0.0487. The first-order valence-corrected chi connectivity index (χ1v) is 12.2. The van der Waals surface area contributed by atoms with Gasteiger partial charge in [-0.05, 0) is 40.8 Å². The summed E-state index contributed by atoms with van der Waals surface area (Å²) in [6, 6.07) is 23.7. The van der Waals surface area contributed by atoms with Gasteiger partial charge < -0.3 is 10.2 Å². The Balaban J connectivity index is 1.97. The lowest BCUT2D eigenvalue weighted by atomic mass is 10.0. The van der Waals surface area contributed by atoms with Crippen LogP contribution in [0.1, 0.15) is 30.5 Å². The van der Waals surface area contributed by atoms with Crippen LogP contribution in [-0.2, 0) is 29.0 Å². The molecule has 0 fully saturated rings. The molecule has 34 heavy (non-hydrogen) atoms. The lowest BCUT2D eigenvalue weighted by molar-refractivity contribution is -0.140. The van der Waals surface area contributed by atoms with E-state index in [1.807, 2.05) is 74.5 Å². The van der Waals surface area contributed by atoms with E-state index < -0.39 is 6.04 Å². The van der Waals surface area contributed by atoms with Gasteiger partial charge >= 0.3 is 0 Å². The third kappa shape index (κ3) is 7.61. The second kappa shape index (κ2) is 12.6. The zero-order valence-electron chi connectivity index (χ0n) is 19.5. The van der Waals surface area contributed by atoms with E-state index in [0.717, 1.165) is 16.7 Å². The summed E-state index contributed by atoms with van der Waals surface area (Å²) >= 11 is 12.6. The molecule has 6 heteroatoms. The fraction of sp³-hybridized carbons (Fsp3) is 0.286. The molecule has 0 bridgehead atoms. The van der Waals surface area contributed by atoms with E-state index in [4.69, 9.17) is 23.2 Å². The van der Waals surface area contributed by atoms with Gasteiger partial charge in [-0.1, -0.05) is 97.7 Å². The highest BCUT2D eigenvalue weighted by atomic mass is 35.5. The van der Waals surface area contributed by atoms with Crippen LogP contribution in [0.2, 0.25) is 10.0 Å². The van der Waals surface area contributed by atoms with E-state index >= 15 is 0 Å². The number of benzene rings is 3. The molecule has 3 rings (SSSR count). The minimum atomic E-state index is -0.691. The van der Waals surface area contributed by atoms with Gasteiger partial charge in [-0.2, -0.15) is 0 Å². The zero-order chi connectivity index (χ0) is 24.5. The van der Waals surface area contributed by atoms with Crippen molar-refractivity contribution in [2.24, 2.45) is 5.92 Å². The molecule has 2 amide bonds. The van der Waals surface area contributed by atoms with Crippen LogP contribution >= 0.6 is 23.2 Å². The summed E-state index contributed by atoms with van der Waals surface area (Å²) in [7, 11) is 0. The van der Waals surface area contributed by atoms with Gasteiger partial charge in [0.1, 0.15) is 6.04 Å². The number of carbonyl (C=O) groups excluding carboxylic acids is 2. The number of hydrogen-bond acceptors (Lipinski definition) is 2. The maximum absolute atomic E-state index is 13.7. The molecule has 0 saturated heterocycles. The zero-order valence-corrected chi connectivity index (χ0v) is 21.0. The predicted molar refractivity (Wildman–Crippen MR) is 139 cm³/mol. The van der Waals surface area contributed by atoms with E-state index in [1.54, 1.807) is 23.1 Å². The van der Waals surface area contributed by atoms with Crippen molar-refractivity contribution in [3.8, 4) is 0 Å². The van der Waals surface area contributed by atoms with Gasteiger partial charge in [0.25, 0.3) is 0 Å². The summed E-state index contributed by atoms with van der Waals surface area (Å²) in [5.41, 5.74) is 2.56. The average molecular weight is 497 g/mol. The Hall–Kier alpha value is -2.82. The Morgan fingerprint density at radius 3 is 2.24 bits per heavy atom. The number of nitrogens with one attached hydrogen (secondary N) is 1. The van der Waals surface area contributed by atoms with Crippen molar-refractivity contribution in [1.82, 2.24) is 10.2 Å². The molecule has 0 aromatic heterocycles. The average Bonchev–Trinajstić information content (AvgIpc) is 2.81. The van der Waals surface area contributed by atoms with Crippen molar-refractivity contribution >= 4 is 35.0 Å². The molecule has 0 radical (unpaired) electrons. The minimum absolute atomic E-state index is 0.133. The largest absolute Gasteiger partial charge is 0.354 e. The molecule has 0 saturated carbocycles. The normalized spacial score (nSPS) is 11.8. The third-order valence-electron chi connectivity index (χ3n) is 5.50. The topological polar surface area (TPSA) is 49.4 Å². The van der Waals surface area contributed by atoms with Crippen molar-refractivity contribution in [2.75, 3.05) is 6.54 Å². The molecule has 1 atom stereocenters. The molecule has 0 aliphatic carbocycles. The molecule has 1 N–H and O–H groups in total. The van der Waals surface area contributed by atoms with Crippen molar-refractivity contribution in [1.29, 1.82) is 0 Å². The van der Waals surface area contributed by atoms with Gasteiger partial charge in [-0.3, -0.25) is 9.59 Å². The van der Waals surface area contributed by atoms with Crippen molar-refractivity contribution < 1.29 is 9.59 Å². The molecule has 0 spiro atoms. The quantitative estimate of drug-likeness (QED) is 0.377. The molecular weight excluding hydrogens is 467 g/mol. The Labute approximate surface area is 211 Å². The highest BCUT2D eigenvalue weighted by molar-refractivity contribution is 6.31. The van der Waals surface area contributed by atoms with Crippen molar-refractivity contribution in [2.45, 2.75) is 39.3 Å². The molecule has 4 nitrogen and oxygen atoms in total. The molecule has 3 aromatic rings. The second-order valence-corrected chi connectivity index (χ2v) is 9.61. The fourth-order valence-electron chi connectivity index (χ4n) is 3.71. The molecule has 0 unspecified atom stereocenters. The fourth-order valence-corrected chi connectivity index (χ4v) is 4.12. The van der Waals surface area contributed by atoms with Crippen LogP contribution < -0.4 is 5.32 Å². The molecular formula is C28H30Cl2N2O2. The van der Waals surface area contributed by atoms with Crippen LogP contribution in [0.5, 0.6) is 0 Å². The molecule has 0 heterocycles. The minimum Gasteiger partial charge on any atom is -0.354 e. The first-order valence-electron chi connectivity index (χ1n) is 11.4. The Morgan fingerprint density at radius 2 is 1.56 bits per heavy atom. The van der Waals surface area contributed by atoms with Crippen LogP contribution in [0.15, 0.2) is 78.9 Å². The Bertz CT molecular complexity index is 1100. The van der Waals surface area contributed by atoms with Gasteiger partial charge in [0.15, 0.2) is 0 Å². The lowest BCUT2D eigenvalue weighted by Gasteiger charge is -2.32. The van der Waals surface area contributed by atoms with Gasteiger partial charge in [-0.15, -0.1) is 0 Å². The standard InChI is InChI=1S/C28H30Cl2N2O2/c1-20(2)18-31-28(34)26(16-21-9-4-3-5-10-21)32(19-23-12-6-7-14-25(23)30)27(33)17-22-11-8-13-24(29)15-22/h3-15,20,26H,16-19H2,1-2H3,(H,31,34)/t26-/m1/s1. The van der Waals surface area contributed by atoms with Gasteiger partial charge in [-0.25, -0.2) is 0 Å². The first kappa shape index (κ1) is 25.8. The number of rotatable bonds is 10. The van der Waals surface area contributed by atoms with E-state index in [2.05, 4.69) is 5.32 Å². The van der Waals surface area contributed by atoms with Crippen LogP contribution in [0, 0.1) is 5.92 Å². The van der Waals surface area contributed by atoms with Crippen LogP contribution in [-0.4, -0.2) is 29.3 Å². The van der Waals surface area contributed by atoms with Crippen LogP contribution in [0.4, 0.5) is 0 Å². The maximum Gasteiger partial charge on any atom is 0.243 e. The SMILES string of the molecule is CC(C)CNC(=O)[C@@H](Cc1ccccc1)N(Cc1ccccc1Cl)C(=O)Cc1cccc(Cl)c1. The Kier molecular flexibility index (Phi) is 9.55. The third-order valence-corrected chi connectivity index (χ3v) is 6.10. The summed E-state index contributed by atoms with van der Waals surface area (Å²) in [5, 5.41) is 4.15. The van der Waals surface area contributed by atoms with Gasteiger partial charge in [0.2, 0.25) is 11.8 Å². The van der Waals surface area contributed by atoms with Crippen molar-refractivity contribution in [3.05, 3.63) is 106 Å². The number of halogens is 2. The number of amides is 2.